The lowest BCUT2D eigenvalue weighted by Crippen LogP contribution is -3.00. The van der Waals surface area contributed by atoms with Crippen LogP contribution in [0.15, 0.2) is 18.3 Å². The molecule has 3 unspecified atom stereocenters. The molecule has 0 spiro atoms. The largest absolute Gasteiger partial charge is 1.00 e. The maximum absolute atomic E-state index is 15.4. The van der Waals surface area contributed by atoms with Crippen LogP contribution in [-0.2, 0) is 36.6 Å². The molecule has 12 heteroatoms. The molecule has 1 aliphatic carbocycles. The number of Topliss-reactive ketones (excluding diaryl/α,β-unsaturated/α-hetero) is 1. The summed E-state index contributed by atoms with van der Waals surface area (Å²) in [6, 6.07) is 3.02. The number of halogens is 2. The van der Waals surface area contributed by atoms with E-state index in [1.807, 2.05) is 52.7 Å². The number of aromatic nitrogens is 1. The van der Waals surface area contributed by atoms with Crippen molar-refractivity contribution in [1.29, 1.82) is 0 Å². The minimum absolute atomic E-state index is 0. The van der Waals surface area contributed by atoms with Gasteiger partial charge in [-0.3, -0.25) is 19.2 Å². The van der Waals surface area contributed by atoms with E-state index in [1.54, 1.807) is 6.07 Å². The van der Waals surface area contributed by atoms with E-state index in [2.05, 4.69) is 0 Å². The second-order valence-corrected chi connectivity index (χ2v) is 13.7. The highest BCUT2D eigenvalue weighted by atomic mass is 35.5. The van der Waals surface area contributed by atoms with Crippen molar-refractivity contribution in [3.8, 4) is 5.69 Å². The molecule has 10 nitrogen and oxygen atoms in total. The third-order valence-electron chi connectivity index (χ3n) is 7.84. The molecule has 1 aromatic heterocycles. The number of nitrogens with two attached hydrogens (primary N) is 1. The quantitative estimate of drug-likeness (QED) is 0.300. The van der Waals surface area contributed by atoms with Gasteiger partial charge in [-0.25, -0.2) is 4.39 Å². The van der Waals surface area contributed by atoms with Crippen LogP contribution in [0.2, 0.25) is 0 Å². The number of primary amides is 1. The Morgan fingerprint density at radius 1 is 1.20 bits per heavy atom. The summed E-state index contributed by atoms with van der Waals surface area (Å²) in [6.45, 7) is 7.89. The number of amides is 1. The van der Waals surface area contributed by atoms with Crippen molar-refractivity contribution >= 4 is 23.6 Å². The van der Waals surface area contributed by atoms with Gasteiger partial charge < -0.3 is 41.4 Å². The van der Waals surface area contributed by atoms with Gasteiger partial charge in [-0.2, -0.15) is 0 Å². The average molecular weight is 636 g/mol. The van der Waals surface area contributed by atoms with E-state index < -0.39 is 36.1 Å². The predicted molar refractivity (Wildman–Crippen MR) is 156 cm³/mol. The summed E-state index contributed by atoms with van der Waals surface area (Å²) in [5.74, 6) is -2.76. The second kappa shape index (κ2) is 13.4. The van der Waals surface area contributed by atoms with Crippen LogP contribution in [0.1, 0.15) is 77.6 Å². The molecule has 0 saturated carbocycles. The Kier molecular flexibility index (Phi) is 10.7. The van der Waals surface area contributed by atoms with Crippen molar-refractivity contribution in [1.82, 2.24) is 4.57 Å². The monoisotopic (exact) mass is 635 g/mol. The topological polar surface area (TPSA) is 127 Å². The molecule has 2 heterocycles. The zero-order valence-electron chi connectivity index (χ0n) is 26.5. The Morgan fingerprint density at radius 3 is 2.50 bits per heavy atom. The normalized spacial score (nSPS) is 20.0. The van der Waals surface area contributed by atoms with E-state index in [0.29, 0.717) is 47.1 Å². The first-order valence-electron chi connectivity index (χ1n) is 14.6. The summed E-state index contributed by atoms with van der Waals surface area (Å²) < 4.78 is 34.3. The zero-order valence-corrected chi connectivity index (χ0v) is 27.3. The predicted octanol–water partition coefficient (Wildman–Crippen LogP) is 0.659. The summed E-state index contributed by atoms with van der Waals surface area (Å²) in [5.41, 5.74) is 8.41. The number of fused-ring (bicyclic) bond motifs is 1. The van der Waals surface area contributed by atoms with Gasteiger partial charge in [0.15, 0.2) is 11.9 Å². The molecule has 2 N–H and O–H groups in total. The van der Waals surface area contributed by atoms with E-state index in [-0.39, 0.29) is 54.5 Å². The highest BCUT2D eigenvalue weighted by Gasteiger charge is 2.36. The molecule has 1 fully saturated rings. The van der Waals surface area contributed by atoms with Crippen LogP contribution in [0, 0.1) is 24.1 Å². The van der Waals surface area contributed by atoms with Gasteiger partial charge in [-0.05, 0) is 54.4 Å². The first kappa shape index (κ1) is 35.2. The average Bonchev–Trinajstić information content (AvgIpc) is 3.39. The Bertz CT molecular complexity index is 1450. The van der Waals surface area contributed by atoms with Gasteiger partial charge in [0.1, 0.15) is 12.4 Å². The van der Waals surface area contributed by atoms with Gasteiger partial charge >= 0.3 is 11.9 Å². The summed E-state index contributed by atoms with van der Waals surface area (Å²) >= 11 is 0. The molecule has 1 saturated heterocycles. The number of ether oxygens (including phenoxy) is 3. The third kappa shape index (κ3) is 8.46. The number of hydrogen-bond acceptors (Lipinski definition) is 7. The molecule has 1 amide bonds. The van der Waals surface area contributed by atoms with Crippen LogP contribution in [-0.4, -0.2) is 79.4 Å². The minimum atomic E-state index is -0.878. The third-order valence-corrected chi connectivity index (χ3v) is 7.84. The molecule has 44 heavy (non-hydrogen) atoms. The lowest BCUT2D eigenvalue weighted by molar-refractivity contribution is -0.873. The molecular weight excluding hydrogens is 593 g/mol. The molecule has 3 atom stereocenters. The van der Waals surface area contributed by atoms with Crippen molar-refractivity contribution in [2.24, 2.45) is 17.1 Å². The number of esters is 2. The SMILES string of the molecule is CC(=O)OC(CC(=O)OC1CC(Cc2cc(-n3cc(C)c4c3CC(C)(C)CC4=O)cc(F)c2C(N)=O)CO1)C[N+](C)(C)C.[Cl-]. The summed E-state index contributed by atoms with van der Waals surface area (Å²) in [4.78, 5) is 49.4. The molecule has 1 aromatic carbocycles. The van der Waals surface area contributed by atoms with Gasteiger partial charge in [-0.15, -0.1) is 0 Å². The Hall–Kier alpha value is -3.28. The Morgan fingerprint density at radius 2 is 1.89 bits per heavy atom. The Balaban J connectivity index is 0.00000529. The van der Waals surface area contributed by atoms with E-state index in [1.165, 1.54) is 13.0 Å². The number of hydrogen-bond donors (Lipinski definition) is 1. The molecule has 2 aliphatic rings. The van der Waals surface area contributed by atoms with Gasteiger partial charge in [0, 0.05) is 42.9 Å². The second-order valence-electron chi connectivity index (χ2n) is 13.7. The van der Waals surface area contributed by atoms with E-state index in [4.69, 9.17) is 19.9 Å². The highest BCUT2D eigenvalue weighted by Crippen LogP contribution is 2.38. The Labute approximate surface area is 264 Å². The number of nitrogens with zero attached hydrogens (tertiary/aromatic N) is 2. The van der Waals surface area contributed by atoms with Crippen LogP contribution in [0.25, 0.3) is 5.69 Å². The standard InChI is InChI=1S/C32H42FN3O7.ClH/c1-18-15-35(25-13-32(3,4)14-26(38)29(18)25)22-10-21(30(31(34)40)24(33)11-22)8-20-9-28(41-17-20)43-27(39)12-23(42-19(2)37)16-36(5,6)7;/h10-11,15,20,23,28H,8-9,12-14,16-17H2,1-7H3,(H-,34,40);1H. The lowest BCUT2D eigenvalue weighted by atomic mass is 9.75. The van der Waals surface area contributed by atoms with Gasteiger partial charge in [0.2, 0.25) is 6.29 Å². The van der Waals surface area contributed by atoms with Crippen molar-refractivity contribution in [3.63, 3.8) is 0 Å². The molecule has 1 aliphatic heterocycles. The summed E-state index contributed by atoms with van der Waals surface area (Å²) in [6.07, 6.45) is 1.95. The number of ketones is 1. The molecular formula is C32H43ClFN3O7. The van der Waals surface area contributed by atoms with Crippen LogP contribution < -0.4 is 18.1 Å². The summed E-state index contributed by atoms with van der Waals surface area (Å²) in [5, 5.41) is 0. The number of quaternary nitrogens is 1. The highest BCUT2D eigenvalue weighted by molar-refractivity contribution is 6.00. The van der Waals surface area contributed by atoms with E-state index in [0.717, 1.165) is 11.3 Å². The zero-order chi connectivity index (χ0) is 31.9. The fourth-order valence-electron chi connectivity index (χ4n) is 6.29. The minimum Gasteiger partial charge on any atom is -1.00 e. The summed E-state index contributed by atoms with van der Waals surface area (Å²) in [7, 11) is 5.78. The molecule has 242 valence electrons. The van der Waals surface area contributed by atoms with Gasteiger partial charge in [0.25, 0.3) is 5.91 Å². The van der Waals surface area contributed by atoms with Crippen molar-refractivity contribution in [2.45, 2.75) is 72.2 Å². The first-order chi connectivity index (χ1) is 19.9. The fraction of sp³-hybridized carbons (Fsp3) is 0.562. The van der Waals surface area contributed by atoms with Gasteiger partial charge in [-0.1, -0.05) is 13.8 Å². The van der Waals surface area contributed by atoms with Crippen LogP contribution >= 0.6 is 0 Å². The van der Waals surface area contributed by atoms with Crippen molar-refractivity contribution < 1.29 is 54.7 Å². The molecule has 0 radical (unpaired) electrons. The fourth-order valence-corrected chi connectivity index (χ4v) is 6.29. The number of rotatable bonds is 10. The number of aryl methyl sites for hydroxylation is 1. The molecule has 4 rings (SSSR count). The first-order valence-corrected chi connectivity index (χ1v) is 14.6. The van der Waals surface area contributed by atoms with E-state index >= 15 is 4.39 Å². The molecule has 0 bridgehead atoms. The lowest BCUT2D eigenvalue weighted by Gasteiger charge is -2.30. The number of benzene rings is 1. The van der Waals surface area contributed by atoms with Crippen LogP contribution in [0.3, 0.4) is 0 Å². The van der Waals surface area contributed by atoms with Crippen molar-refractivity contribution in [3.05, 3.63) is 52.1 Å². The van der Waals surface area contributed by atoms with E-state index in [9.17, 15) is 19.2 Å². The van der Waals surface area contributed by atoms with Crippen molar-refractivity contribution in [2.75, 3.05) is 34.3 Å². The number of likely N-dealkylation sites (N-methyl/N-ethyl adjacent to an activating group) is 1. The number of carbonyl (C=O) groups is 4. The number of carbonyl (C=O) groups excluding carboxylic acids is 4. The van der Waals surface area contributed by atoms with Crippen LogP contribution in [0.4, 0.5) is 4.39 Å². The maximum Gasteiger partial charge on any atom is 0.312 e. The molecule has 2 aromatic rings. The van der Waals surface area contributed by atoms with Gasteiger partial charge in [0.05, 0.1) is 39.7 Å². The van der Waals surface area contributed by atoms with Crippen LogP contribution in [0.5, 0.6) is 0 Å². The maximum atomic E-state index is 15.4. The smallest absolute Gasteiger partial charge is 0.312 e.